The molecule has 1 aromatic heterocycles. The van der Waals surface area contributed by atoms with Gasteiger partial charge in [-0.2, -0.15) is 17.0 Å². The average molecular weight is 305 g/mol. The van der Waals surface area contributed by atoms with Gasteiger partial charge in [-0.3, -0.25) is 0 Å². The highest BCUT2D eigenvalue weighted by molar-refractivity contribution is 7.98. The van der Waals surface area contributed by atoms with Crippen LogP contribution in [0.1, 0.15) is 31.2 Å². The number of nitrogens with one attached hydrogen (secondary N) is 1. The van der Waals surface area contributed by atoms with Crippen LogP contribution in [-0.4, -0.2) is 21.6 Å². The van der Waals surface area contributed by atoms with E-state index in [2.05, 4.69) is 21.9 Å². The summed E-state index contributed by atoms with van der Waals surface area (Å²) in [7, 11) is 0. The van der Waals surface area contributed by atoms with Crippen molar-refractivity contribution in [3.63, 3.8) is 0 Å². The fourth-order valence-electron chi connectivity index (χ4n) is 2.37. The number of benzene rings is 1. The smallest absolute Gasteiger partial charge is 0.178 e. The van der Waals surface area contributed by atoms with Crippen LogP contribution in [-0.2, 0) is 6.54 Å². The third-order valence-electron chi connectivity index (χ3n) is 3.41. The van der Waals surface area contributed by atoms with E-state index in [4.69, 9.17) is 17.5 Å². The molecule has 5 heteroatoms. The fraction of sp³-hybridized carbons (Fsp3) is 0.467. The van der Waals surface area contributed by atoms with Gasteiger partial charge >= 0.3 is 0 Å². The van der Waals surface area contributed by atoms with Gasteiger partial charge in [-0.1, -0.05) is 18.9 Å². The molecule has 1 N–H and O–H groups in total. The molecule has 0 aliphatic heterocycles. The van der Waals surface area contributed by atoms with Crippen molar-refractivity contribution in [1.29, 1.82) is 5.26 Å². The number of unbranched alkanes of at least 4 members (excludes halogenated alkanes) is 3. The predicted molar refractivity (Wildman–Crippen MR) is 88.7 cm³/mol. The number of imidazole rings is 1. The van der Waals surface area contributed by atoms with Crippen LogP contribution in [0.25, 0.3) is 11.0 Å². The molecule has 0 saturated heterocycles. The van der Waals surface area contributed by atoms with E-state index in [0.717, 1.165) is 24.0 Å². The Hall–Kier alpha value is -1.25. The molecule has 0 radical (unpaired) electrons. The summed E-state index contributed by atoms with van der Waals surface area (Å²) in [5.74, 6) is 1.25. The van der Waals surface area contributed by atoms with Gasteiger partial charge in [0.15, 0.2) is 4.77 Å². The number of nitrogens with zero attached hydrogens (tertiary/aromatic N) is 2. The quantitative estimate of drug-likeness (QED) is 0.605. The lowest BCUT2D eigenvalue weighted by molar-refractivity contribution is 0.589. The Morgan fingerprint density at radius 1 is 1.30 bits per heavy atom. The highest BCUT2D eigenvalue weighted by Crippen LogP contribution is 2.19. The number of aryl methyl sites for hydroxylation is 1. The van der Waals surface area contributed by atoms with Crippen molar-refractivity contribution < 1.29 is 0 Å². The molecule has 2 aromatic rings. The molecule has 0 saturated carbocycles. The van der Waals surface area contributed by atoms with Crippen LogP contribution in [0.3, 0.4) is 0 Å². The first-order valence-electron chi connectivity index (χ1n) is 6.88. The Kier molecular flexibility index (Phi) is 5.69. The molecule has 0 fully saturated rings. The minimum Gasteiger partial charge on any atom is -0.329 e. The number of thioether (sulfide) groups is 1. The second-order valence-electron chi connectivity index (χ2n) is 4.80. The molecule has 1 heterocycles. The van der Waals surface area contributed by atoms with Gasteiger partial charge in [-0.15, -0.1) is 0 Å². The number of aromatic amines is 1. The summed E-state index contributed by atoms with van der Waals surface area (Å²) in [5, 5.41) is 9.12. The Bertz CT molecular complexity index is 664. The maximum absolute atomic E-state index is 9.12. The normalized spacial score (nSPS) is 10.8. The lowest BCUT2D eigenvalue weighted by atomic mass is 10.2. The molecule has 0 atom stereocenters. The highest BCUT2D eigenvalue weighted by Gasteiger charge is 2.07. The number of para-hydroxylation sites is 1. The van der Waals surface area contributed by atoms with Crippen LogP contribution in [0.5, 0.6) is 0 Å². The average Bonchev–Trinajstić information content (AvgIpc) is 2.78. The molecule has 2 rings (SSSR count). The third kappa shape index (κ3) is 3.44. The maximum Gasteiger partial charge on any atom is 0.178 e. The number of rotatable bonds is 7. The van der Waals surface area contributed by atoms with Crippen molar-refractivity contribution in [3.05, 3.63) is 28.5 Å². The van der Waals surface area contributed by atoms with Crippen LogP contribution >= 0.6 is 24.0 Å². The van der Waals surface area contributed by atoms with Gasteiger partial charge in [0, 0.05) is 6.54 Å². The predicted octanol–water partition coefficient (Wildman–Crippen LogP) is 4.49. The highest BCUT2D eigenvalue weighted by atomic mass is 32.2. The molecule has 0 aliphatic carbocycles. The van der Waals surface area contributed by atoms with E-state index < -0.39 is 0 Å². The lowest BCUT2D eigenvalue weighted by Crippen LogP contribution is -1.98. The van der Waals surface area contributed by atoms with Crippen molar-refractivity contribution in [2.45, 2.75) is 32.2 Å². The first-order valence-corrected chi connectivity index (χ1v) is 8.68. The molecule has 1 aromatic carbocycles. The third-order valence-corrected chi connectivity index (χ3v) is 4.43. The second-order valence-corrected chi connectivity index (χ2v) is 6.17. The van der Waals surface area contributed by atoms with Gasteiger partial charge in [-0.25, -0.2) is 0 Å². The Morgan fingerprint density at radius 3 is 2.85 bits per heavy atom. The van der Waals surface area contributed by atoms with Crippen LogP contribution in [0.2, 0.25) is 0 Å². The summed E-state index contributed by atoms with van der Waals surface area (Å²) in [4.78, 5) is 3.16. The second kappa shape index (κ2) is 7.51. The lowest BCUT2D eigenvalue weighted by Gasteiger charge is -2.04. The number of hydrogen-bond donors (Lipinski definition) is 1. The van der Waals surface area contributed by atoms with E-state index in [1.165, 1.54) is 25.0 Å². The molecule has 0 unspecified atom stereocenters. The molecular formula is C15H19N3S2. The van der Waals surface area contributed by atoms with Gasteiger partial charge in [0.2, 0.25) is 0 Å². The van der Waals surface area contributed by atoms with Crippen LogP contribution in [0, 0.1) is 16.1 Å². The van der Waals surface area contributed by atoms with E-state index in [1.54, 1.807) is 0 Å². The molecule has 0 amide bonds. The van der Waals surface area contributed by atoms with Crippen molar-refractivity contribution in [3.8, 4) is 6.07 Å². The summed E-state index contributed by atoms with van der Waals surface area (Å²) in [6.07, 6.45) is 7.08. The molecule has 0 aliphatic rings. The largest absolute Gasteiger partial charge is 0.329 e. The molecule has 3 nitrogen and oxygen atoms in total. The summed E-state index contributed by atoms with van der Waals surface area (Å²) in [6.45, 7) is 0.924. The summed E-state index contributed by atoms with van der Waals surface area (Å²) < 4.78 is 2.83. The zero-order valence-electron chi connectivity index (χ0n) is 11.7. The van der Waals surface area contributed by atoms with Gasteiger partial charge in [0.05, 0.1) is 16.6 Å². The van der Waals surface area contributed by atoms with E-state index in [0.29, 0.717) is 10.3 Å². The van der Waals surface area contributed by atoms with E-state index in [-0.39, 0.29) is 0 Å². The topological polar surface area (TPSA) is 44.5 Å². The molecule has 0 bridgehead atoms. The van der Waals surface area contributed by atoms with E-state index in [1.807, 2.05) is 30.0 Å². The SMILES string of the molecule is CSCCCCCCn1c(=S)[nH]c2c(C#N)cccc21. The van der Waals surface area contributed by atoms with Crippen molar-refractivity contribution in [1.82, 2.24) is 9.55 Å². The minimum absolute atomic E-state index is 0.660. The fourth-order valence-corrected chi connectivity index (χ4v) is 3.15. The maximum atomic E-state index is 9.12. The number of aromatic nitrogens is 2. The first kappa shape index (κ1) is 15.1. The summed E-state index contributed by atoms with van der Waals surface area (Å²) in [6, 6.07) is 7.97. The van der Waals surface area contributed by atoms with Crippen LogP contribution in [0.15, 0.2) is 18.2 Å². The molecular weight excluding hydrogens is 286 g/mol. The number of H-pyrrole nitrogens is 1. The van der Waals surface area contributed by atoms with Gasteiger partial charge in [0.25, 0.3) is 0 Å². The minimum atomic E-state index is 0.660. The van der Waals surface area contributed by atoms with Crippen molar-refractivity contribution in [2.24, 2.45) is 0 Å². The standard InChI is InChI=1S/C15H19N3S2/c1-20-10-5-3-2-4-9-18-13-8-6-7-12(11-16)14(13)17-15(18)19/h6-8H,2-5,9-10H2,1H3,(H,17,19). The Labute approximate surface area is 129 Å². The van der Waals surface area contributed by atoms with Crippen molar-refractivity contribution in [2.75, 3.05) is 12.0 Å². The van der Waals surface area contributed by atoms with Crippen LogP contribution in [0.4, 0.5) is 0 Å². The zero-order valence-corrected chi connectivity index (χ0v) is 13.3. The number of hydrogen-bond acceptors (Lipinski definition) is 3. The monoisotopic (exact) mass is 305 g/mol. The van der Waals surface area contributed by atoms with Gasteiger partial charge < -0.3 is 9.55 Å². The Morgan fingerprint density at radius 2 is 2.10 bits per heavy atom. The van der Waals surface area contributed by atoms with E-state index >= 15 is 0 Å². The zero-order chi connectivity index (χ0) is 14.4. The van der Waals surface area contributed by atoms with Gasteiger partial charge in [0.1, 0.15) is 6.07 Å². The molecule has 20 heavy (non-hydrogen) atoms. The van der Waals surface area contributed by atoms with Crippen molar-refractivity contribution >= 4 is 35.0 Å². The van der Waals surface area contributed by atoms with Crippen LogP contribution < -0.4 is 0 Å². The summed E-state index contributed by atoms with van der Waals surface area (Å²) in [5.41, 5.74) is 2.56. The van der Waals surface area contributed by atoms with Gasteiger partial charge in [-0.05, 0) is 49.2 Å². The summed E-state index contributed by atoms with van der Waals surface area (Å²) >= 11 is 7.28. The molecule has 0 spiro atoms. The molecule has 106 valence electrons. The Balaban J connectivity index is 2.06. The van der Waals surface area contributed by atoms with E-state index in [9.17, 15) is 0 Å². The number of nitriles is 1. The first-order chi connectivity index (χ1) is 9.77. The number of fused-ring (bicyclic) bond motifs is 1.